The first kappa shape index (κ1) is 18.4. The summed E-state index contributed by atoms with van der Waals surface area (Å²) >= 11 is 0. The molecule has 6 heteroatoms. The summed E-state index contributed by atoms with van der Waals surface area (Å²) in [6, 6.07) is 10.6. The fourth-order valence-corrected chi connectivity index (χ4v) is 2.34. The van der Waals surface area contributed by atoms with Crippen molar-refractivity contribution in [1.29, 1.82) is 0 Å². The van der Waals surface area contributed by atoms with Crippen LogP contribution >= 0.6 is 0 Å². The van der Waals surface area contributed by atoms with Gasteiger partial charge in [0.05, 0.1) is 0 Å². The zero-order valence-electron chi connectivity index (χ0n) is 14.9. The molecule has 1 aromatic carbocycles. The van der Waals surface area contributed by atoms with Gasteiger partial charge in [0.15, 0.2) is 0 Å². The Kier molecular flexibility index (Phi) is 6.51. The second kappa shape index (κ2) is 8.82. The normalized spacial score (nSPS) is 10.2. The van der Waals surface area contributed by atoms with Crippen molar-refractivity contribution in [2.45, 2.75) is 26.7 Å². The van der Waals surface area contributed by atoms with Crippen LogP contribution in [0.4, 0.5) is 17.1 Å². The molecule has 25 heavy (non-hydrogen) atoms. The fraction of sp³-hybridized carbons (Fsp3) is 0.316. The van der Waals surface area contributed by atoms with Gasteiger partial charge < -0.3 is 15.5 Å². The molecule has 2 N–H and O–H groups in total. The Bertz CT molecular complexity index is 728. The fourth-order valence-electron chi connectivity index (χ4n) is 2.34. The highest BCUT2D eigenvalue weighted by Crippen LogP contribution is 2.17. The molecule has 2 amide bonds. The van der Waals surface area contributed by atoms with Crippen molar-refractivity contribution >= 4 is 28.9 Å². The Balaban J connectivity index is 2.04. The number of unbranched alkanes of at least 4 members (excludes halogenated alkanes) is 1. The largest absolute Gasteiger partial charge is 0.374 e. The van der Waals surface area contributed by atoms with Crippen molar-refractivity contribution in [3.05, 3.63) is 48.3 Å². The summed E-state index contributed by atoms with van der Waals surface area (Å²) in [6.07, 6.45) is 3.87. The Morgan fingerprint density at radius 2 is 1.72 bits per heavy atom. The second-order valence-electron chi connectivity index (χ2n) is 5.89. The van der Waals surface area contributed by atoms with E-state index < -0.39 is 0 Å². The van der Waals surface area contributed by atoms with Crippen LogP contribution in [0.5, 0.6) is 0 Å². The zero-order valence-corrected chi connectivity index (χ0v) is 14.9. The average Bonchev–Trinajstić information content (AvgIpc) is 2.61. The van der Waals surface area contributed by atoms with E-state index in [-0.39, 0.29) is 11.8 Å². The highest BCUT2D eigenvalue weighted by molar-refractivity contribution is 6.03. The van der Waals surface area contributed by atoms with Crippen LogP contribution in [0.15, 0.2) is 42.6 Å². The Morgan fingerprint density at radius 1 is 1.08 bits per heavy atom. The molecule has 0 unspecified atom stereocenters. The Hall–Kier alpha value is -2.89. The van der Waals surface area contributed by atoms with Crippen LogP contribution in [0.2, 0.25) is 0 Å². The van der Waals surface area contributed by atoms with E-state index in [2.05, 4.69) is 27.4 Å². The average molecular weight is 340 g/mol. The molecule has 0 radical (unpaired) electrons. The maximum absolute atomic E-state index is 12.4. The molecule has 0 aliphatic rings. The number of carbonyl (C=O) groups is 2. The zero-order chi connectivity index (χ0) is 18.2. The van der Waals surface area contributed by atoms with Crippen molar-refractivity contribution in [2.75, 3.05) is 29.1 Å². The number of rotatable bonds is 7. The number of hydrogen-bond donors (Lipinski definition) is 2. The van der Waals surface area contributed by atoms with Gasteiger partial charge in [0, 0.05) is 43.8 Å². The number of nitrogens with one attached hydrogen (secondary N) is 2. The van der Waals surface area contributed by atoms with Crippen molar-refractivity contribution in [3.8, 4) is 0 Å². The lowest BCUT2D eigenvalue weighted by Gasteiger charge is -2.19. The lowest BCUT2D eigenvalue weighted by molar-refractivity contribution is -0.114. The summed E-state index contributed by atoms with van der Waals surface area (Å²) in [4.78, 5) is 29.7. The summed E-state index contributed by atoms with van der Waals surface area (Å²) < 4.78 is 0. The van der Waals surface area contributed by atoms with E-state index >= 15 is 0 Å². The molecule has 1 aromatic heterocycles. The number of nitrogens with zero attached hydrogens (tertiary/aromatic N) is 2. The molecular weight excluding hydrogens is 316 g/mol. The first-order chi connectivity index (χ1) is 12.0. The van der Waals surface area contributed by atoms with E-state index in [4.69, 9.17) is 0 Å². The van der Waals surface area contributed by atoms with Crippen LogP contribution in [0.3, 0.4) is 0 Å². The van der Waals surface area contributed by atoms with E-state index in [0.29, 0.717) is 17.1 Å². The summed E-state index contributed by atoms with van der Waals surface area (Å²) in [6.45, 7) is 4.54. The summed E-state index contributed by atoms with van der Waals surface area (Å²) in [5, 5.41) is 5.50. The molecule has 0 aliphatic heterocycles. The molecule has 0 saturated heterocycles. The van der Waals surface area contributed by atoms with Crippen LogP contribution in [0.25, 0.3) is 0 Å². The minimum atomic E-state index is -0.266. The van der Waals surface area contributed by atoms with Gasteiger partial charge in [-0.15, -0.1) is 0 Å². The highest BCUT2D eigenvalue weighted by Gasteiger charge is 2.10. The molecule has 132 valence electrons. The maximum atomic E-state index is 12.4. The third kappa shape index (κ3) is 5.60. The summed E-state index contributed by atoms with van der Waals surface area (Å²) in [7, 11) is 2.01. The van der Waals surface area contributed by atoms with Gasteiger partial charge in [-0.1, -0.05) is 13.3 Å². The molecule has 2 rings (SSSR count). The SMILES string of the molecule is CCCCN(C)c1ccnc(C(=O)Nc2ccc(NC(C)=O)cc2)c1. The highest BCUT2D eigenvalue weighted by atomic mass is 16.2. The predicted molar refractivity (Wildman–Crippen MR) is 101 cm³/mol. The van der Waals surface area contributed by atoms with E-state index in [1.54, 1.807) is 36.5 Å². The van der Waals surface area contributed by atoms with Gasteiger partial charge in [-0.25, -0.2) is 0 Å². The molecule has 0 fully saturated rings. The number of aromatic nitrogens is 1. The van der Waals surface area contributed by atoms with Crippen LogP contribution in [-0.4, -0.2) is 30.4 Å². The lowest BCUT2D eigenvalue weighted by atomic mass is 10.2. The van der Waals surface area contributed by atoms with Crippen molar-refractivity contribution in [2.24, 2.45) is 0 Å². The monoisotopic (exact) mass is 340 g/mol. The molecule has 1 heterocycles. The first-order valence-electron chi connectivity index (χ1n) is 8.35. The molecule has 0 atom stereocenters. The minimum absolute atomic E-state index is 0.134. The topological polar surface area (TPSA) is 74.3 Å². The van der Waals surface area contributed by atoms with Gasteiger partial charge in [0.25, 0.3) is 5.91 Å². The number of carbonyl (C=O) groups excluding carboxylic acids is 2. The third-order valence-corrected chi connectivity index (χ3v) is 3.73. The Morgan fingerprint density at radius 3 is 2.32 bits per heavy atom. The number of benzene rings is 1. The predicted octanol–water partition coefficient (Wildman–Crippen LogP) is 3.53. The lowest BCUT2D eigenvalue weighted by Crippen LogP contribution is -2.20. The van der Waals surface area contributed by atoms with Crippen LogP contribution in [0.1, 0.15) is 37.2 Å². The van der Waals surface area contributed by atoms with Gasteiger partial charge in [-0.2, -0.15) is 0 Å². The first-order valence-corrected chi connectivity index (χ1v) is 8.35. The maximum Gasteiger partial charge on any atom is 0.274 e. The van der Waals surface area contributed by atoms with Crippen LogP contribution in [-0.2, 0) is 4.79 Å². The van der Waals surface area contributed by atoms with Gasteiger partial charge in [-0.3, -0.25) is 14.6 Å². The summed E-state index contributed by atoms with van der Waals surface area (Å²) in [5.74, 6) is -0.400. The van der Waals surface area contributed by atoms with E-state index in [1.165, 1.54) is 6.92 Å². The van der Waals surface area contributed by atoms with Gasteiger partial charge >= 0.3 is 0 Å². The van der Waals surface area contributed by atoms with Gasteiger partial charge in [0.1, 0.15) is 5.69 Å². The number of amides is 2. The molecule has 6 nitrogen and oxygen atoms in total. The van der Waals surface area contributed by atoms with E-state index in [9.17, 15) is 9.59 Å². The van der Waals surface area contributed by atoms with Gasteiger partial charge in [0.2, 0.25) is 5.91 Å². The molecule has 0 saturated carbocycles. The van der Waals surface area contributed by atoms with E-state index in [1.807, 2.05) is 13.1 Å². The van der Waals surface area contributed by atoms with Crippen LogP contribution < -0.4 is 15.5 Å². The molecular formula is C19H24N4O2. The second-order valence-corrected chi connectivity index (χ2v) is 5.89. The van der Waals surface area contributed by atoms with Gasteiger partial charge in [-0.05, 0) is 42.8 Å². The minimum Gasteiger partial charge on any atom is -0.374 e. The van der Waals surface area contributed by atoms with Crippen molar-refractivity contribution < 1.29 is 9.59 Å². The Labute approximate surface area is 148 Å². The van der Waals surface area contributed by atoms with Crippen molar-refractivity contribution in [1.82, 2.24) is 4.98 Å². The van der Waals surface area contributed by atoms with E-state index in [0.717, 1.165) is 25.1 Å². The molecule has 2 aromatic rings. The quantitative estimate of drug-likeness (QED) is 0.808. The smallest absolute Gasteiger partial charge is 0.274 e. The standard InChI is InChI=1S/C19H24N4O2/c1-4-5-12-23(3)17-10-11-20-18(13-17)19(25)22-16-8-6-15(7-9-16)21-14(2)24/h6-11,13H,4-5,12H2,1-3H3,(H,21,24)(H,22,25). The number of hydrogen-bond acceptors (Lipinski definition) is 4. The van der Waals surface area contributed by atoms with Crippen molar-refractivity contribution in [3.63, 3.8) is 0 Å². The number of pyridine rings is 1. The molecule has 0 spiro atoms. The van der Waals surface area contributed by atoms with Crippen LogP contribution in [0, 0.1) is 0 Å². The third-order valence-electron chi connectivity index (χ3n) is 3.73. The molecule has 0 aliphatic carbocycles. The summed E-state index contributed by atoms with van der Waals surface area (Å²) in [5.41, 5.74) is 2.66. The molecule has 0 bridgehead atoms. The number of anilines is 3.